The molecule has 1 saturated carbocycles. The van der Waals surface area contributed by atoms with E-state index in [4.69, 9.17) is 4.74 Å². The Kier molecular flexibility index (Phi) is 5.01. The number of likely N-dealkylation sites (tertiary alicyclic amines) is 1. The first kappa shape index (κ1) is 19.5. The van der Waals surface area contributed by atoms with E-state index in [-0.39, 0.29) is 30.0 Å². The predicted octanol–water partition coefficient (Wildman–Crippen LogP) is 4.78. The number of hydrogen-bond acceptors (Lipinski definition) is 3. The second-order valence-corrected chi connectivity index (χ2v) is 8.43. The Balaban J connectivity index is 1.52. The summed E-state index contributed by atoms with van der Waals surface area (Å²) in [7, 11) is 0. The number of benzene rings is 1. The predicted molar refractivity (Wildman–Crippen MR) is 105 cm³/mol. The zero-order valence-electron chi connectivity index (χ0n) is 15.0. The van der Waals surface area contributed by atoms with Crippen molar-refractivity contribution in [3.63, 3.8) is 0 Å². The Morgan fingerprint density at radius 2 is 1.96 bits per heavy atom. The lowest BCUT2D eigenvalue weighted by Crippen LogP contribution is -2.51. The minimum absolute atomic E-state index is 0.0290. The van der Waals surface area contributed by atoms with Gasteiger partial charge in [-0.3, -0.25) is 4.79 Å². The molecule has 2 heterocycles. The zero-order chi connectivity index (χ0) is 20.1. The number of amides is 1. The van der Waals surface area contributed by atoms with Gasteiger partial charge in [-0.1, -0.05) is 12.1 Å². The molecule has 4 rings (SSSR count). The number of halogens is 4. The minimum Gasteiger partial charge on any atom is -0.472 e. The number of fused-ring (bicyclic) bond motifs is 2. The second kappa shape index (κ2) is 7.20. The quantitative estimate of drug-likeness (QED) is 0.568. The van der Waals surface area contributed by atoms with Crippen LogP contribution in [-0.4, -0.2) is 34.0 Å². The number of alkyl halides is 3. The van der Waals surface area contributed by atoms with Crippen molar-refractivity contribution in [2.45, 2.75) is 44.1 Å². The lowest BCUT2D eigenvalue weighted by Gasteiger charge is -2.37. The number of nitrogens with zero attached hydrogens (tertiary/aromatic N) is 2. The molecule has 1 aliphatic carbocycles. The van der Waals surface area contributed by atoms with Crippen LogP contribution in [0.4, 0.5) is 13.2 Å². The van der Waals surface area contributed by atoms with E-state index in [9.17, 15) is 18.0 Å². The molecule has 1 saturated heterocycles. The number of carbonyl (C=O) groups is 1. The number of rotatable bonds is 3. The number of ether oxygens (including phenoxy) is 1. The highest BCUT2D eigenvalue weighted by Crippen LogP contribution is 2.44. The van der Waals surface area contributed by atoms with Crippen molar-refractivity contribution in [3.05, 3.63) is 57.3 Å². The van der Waals surface area contributed by atoms with Crippen molar-refractivity contribution in [2.75, 3.05) is 0 Å². The van der Waals surface area contributed by atoms with Gasteiger partial charge in [0, 0.05) is 21.9 Å². The molecule has 0 radical (unpaired) electrons. The highest BCUT2D eigenvalue weighted by atomic mass is 127. The van der Waals surface area contributed by atoms with Crippen LogP contribution < -0.4 is 4.74 Å². The van der Waals surface area contributed by atoms with Gasteiger partial charge in [-0.05, 0) is 66.5 Å². The SMILES string of the molecule is C[C@@H]1[C@H]2C[C@@H](Oc3ccc(C(F)(F)F)cn3)[C@H](C2)N1C(=O)c1ccccc1I. The summed E-state index contributed by atoms with van der Waals surface area (Å²) in [6.07, 6.45) is -2.31. The fourth-order valence-corrected chi connectivity index (χ4v) is 4.86. The van der Waals surface area contributed by atoms with Crippen molar-refractivity contribution < 1.29 is 22.7 Å². The molecule has 148 valence electrons. The molecule has 0 unspecified atom stereocenters. The molecule has 2 aromatic rings. The van der Waals surface area contributed by atoms with Crippen LogP contribution in [0.15, 0.2) is 42.6 Å². The molecule has 2 bridgehead atoms. The van der Waals surface area contributed by atoms with Crippen LogP contribution >= 0.6 is 22.6 Å². The Bertz CT molecular complexity index is 888. The van der Waals surface area contributed by atoms with E-state index in [1.54, 1.807) is 0 Å². The summed E-state index contributed by atoms with van der Waals surface area (Å²) in [5, 5.41) is 0. The molecule has 4 atom stereocenters. The second-order valence-electron chi connectivity index (χ2n) is 7.27. The van der Waals surface area contributed by atoms with Gasteiger partial charge in [0.05, 0.1) is 17.2 Å². The normalized spacial score (nSPS) is 26.5. The lowest BCUT2D eigenvalue weighted by molar-refractivity contribution is -0.137. The number of piperidine rings is 1. The van der Waals surface area contributed by atoms with Crippen LogP contribution in [-0.2, 0) is 6.18 Å². The molecule has 8 heteroatoms. The molecule has 0 N–H and O–H groups in total. The number of hydrogen-bond donors (Lipinski definition) is 0. The third-order valence-corrected chi connectivity index (χ3v) is 6.60. The number of aromatic nitrogens is 1. The first-order valence-corrected chi connectivity index (χ1v) is 10.1. The molecule has 28 heavy (non-hydrogen) atoms. The molecular formula is C20H18F3IN2O2. The maximum atomic E-state index is 13.1. The maximum absolute atomic E-state index is 13.1. The summed E-state index contributed by atoms with van der Waals surface area (Å²) in [6.45, 7) is 2.05. The summed E-state index contributed by atoms with van der Waals surface area (Å²) in [5.74, 6) is 0.438. The average Bonchev–Trinajstić information content (AvgIpc) is 3.19. The molecule has 1 amide bonds. The Hall–Kier alpha value is -1.84. The standard InChI is InChI=1S/C20H18F3IN2O2/c1-11-12-8-16(26(11)19(27)14-4-2-3-5-15(14)24)17(9-12)28-18-7-6-13(10-25-18)20(21,22)23/h2-7,10-12,16-17H,8-9H2,1H3/t11-,12-,16+,17-/m1/s1. The van der Waals surface area contributed by atoms with Crippen molar-refractivity contribution in [1.29, 1.82) is 0 Å². The van der Waals surface area contributed by atoms with Crippen LogP contribution in [0.5, 0.6) is 5.88 Å². The maximum Gasteiger partial charge on any atom is 0.417 e. The van der Waals surface area contributed by atoms with Crippen molar-refractivity contribution in [1.82, 2.24) is 9.88 Å². The van der Waals surface area contributed by atoms with Crippen molar-refractivity contribution in [2.24, 2.45) is 5.92 Å². The fraction of sp³-hybridized carbons (Fsp3) is 0.400. The molecule has 2 fully saturated rings. The van der Waals surface area contributed by atoms with Gasteiger partial charge in [-0.2, -0.15) is 13.2 Å². The monoisotopic (exact) mass is 502 g/mol. The van der Waals surface area contributed by atoms with Crippen LogP contribution in [0, 0.1) is 9.49 Å². The van der Waals surface area contributed by atoms with Crippen LogP contribution in [0.1, 0.15) is 35.7 Å². The smallest absolute Gasteiger partial charge is 0.417 e. The highest BCUT2D eigenvalue weighted by molar-refractivity contribution is 14.1. The molecule has 0 spiro atoms. The number of carbonyl (C=O) groups excluding carboxylic acids is 1. The van der Waals surface area contributed by atoms with E-state index in [0.717, 1.165) is 28.7 Å². The molecule has 1 aliphatic heterocycles. The van der Waals surface area contributed by atoms with Gasteiger partial charge in [0.2, 0.25) is 5.88 Å². The number of pyridine rings is 1. The van der Waals surface area contributed by atoms with E-state index in [0.29, 0.717) is 11.5 Å². The molecular weight excluding hydrogens is 484 g/mol. The lowest BCUT2D eigenvalue weighted by atomic mass is 9.98. The van der Waals surface area contributed by atoms with E-state index in [1.807, 2.05) is 36.1 Å². The van der Waals surface area contributed by atoms with Gasteiger partial charge in [0.25, 0.3) is 5.91 Å². The molecule has 4 nitrogen and oxygen atoms in total. The van der Waals surface area contributed by atoms with Crippen LogP contribution in [0.3, 0.4) is 0 Å². The van der Waals surface area contributed by atoms with Crippen molar-refractivity contribution in [3.8, 4) is 5.88 Å². The summed E-state index contributed by atoms with van der Waals surface area (Å²) in [6, 6.07) is 9.65. The van der Waals surface area contributed by atoms with Gasteiger partial charge < -0.3 is 9.64 Å². The summed E-state index contributed by atoms with van der Waals surface area (Å²) in [4.78, 5) is 18.8. The summed E-state index contributed by atoms with van der Waals surface area (Å²) < 4.78 is 44.9. The first-order chi connectivity index (χ1) is 13.3. The topological polar surface area (TPSA) is 42.4 Å². The Morgan fingerprint density at radius 3 is 2.57 bits per heavy atom. The van der Waals surface area contributed by atoms with E-state index in [2.05, 4.69) is 27.6 Å². The van der Waals surface area contributed by atoms with Crippen molar-refractivity contribution >= 4 is 28.5 Å². The first-order valence-electron chi connectivity index (χ1n) is 9.03. The highest BCUT2D eigenvalue weighted by Gasteiger charge is 2.52. The van der Waals surface area contributed by atoms with E-state index >= 15 is 0 Å². The zero-order valence-corrected chi connectivity index (χ0v) is 17.1. The summed E-state index contributed by atoms with van der Waals surface area (Å²) in [5.41, 5.74) is -0.147. The molecule has 1 aromatic carbocycles. The molecule has 2 aliphatic rings. The third-order valence-electron chi connectivity index (χ3n) is 5.66. The Morgan fingerprint density at radius 1 is 1.21 bits per heavy atom. The Labute approximate surface area is 174 Å². The average molecular weight is 502 g/mol. The van der Waals surface area contributed by atoms with Gasteiger partial charge >= 0.3 is 6.18 Å². The van der Waals surface area contributed by atoms with Gasteiger partial charge in [0.15, 0.2) is 0 Å². The van der Waals surface area contributed by atoms with Gasteiger partial charge in [-0.25, -0.2) is 4.98 Å². The van der Waals surface area contributed by atoms with E-state index < -0.39 is 11.7 Å². The van der Waals surface area contributed by atoms with Gasteiger partial charge in [0.1, 0.15) is 6.10 Å². The minimum atomic E-state index is -4.43. The van der Waals surface area contributed by atoms with Gasteiger partial charge in [-0.15, -0.1) is 0 Å². The van der Waals surface area contributed by atoms with E-state index in [1.165, 1.54) is 6.07 Å². The largest absolute Gasteiger partial charge is 0.472 e. The summed E-state index contributed by atoms with van der Waals surface area (Å²) >= 11 is 2.15. The van der Waals surface area contributed by atoms with Crippen LogP contribution in [0.2, 0.25) is 0 Å². The fourth-order valence-electron chi connectivity index (χ4n) is 4.24. The van der Waals surface area contributed by atoms with Crippen LogP contribution in [0.25, 0.3) is 0 Å². The third kappa shape index (κ3) is 3.46. The molecule has 1 aromatic heterocycles.